The first-order valence-electron chi connectivity index (χ1n) is 10.6. The number of carboxylic acids is 2. The molecule has 0 amide bonds. The van der Waals surface area contributed by atoms with Crippen molar-refractivity contribution in [2.75, 3.05) is 0 Å². The van der Waals surface area contributed by atoms with Gasteiger partial charge in [-0.05, 0) is 24.5 Å². The monoisotopic (exact) mass is 498 g/mol. The van der Waals surface area contributed by atoms with Crippen LogP contribution in [0.5, 0.6) is 5.75 Å². The molecule has 8 nitrogen and oxygen atoms in total. The minimum absolute atomic E-state index is 0. The molecule has 1 rings (SSSR count). The third-order valence-electron chi connectivity index (χ3n) is 4.39. The van der Waals surface area contributed by atoms with E-state index in [4.69, 9.17) is 19.5 Å². The maximum Gasteiger partial charge on any atom is 1.00 e. The van der Waals surface area contributed by atoms with Gasteiger partial charge in [0.1, 0.15) is 0 Å². The van der Waals surface area contributed by atoms with Crippen molar-refractivity contribution in [2.45, 2.75) is 83.3 Å². The largest absolute Gasteiger partial charge is 1.00 e. The third kappa shape index (κ3) is 17.0. The minimum atomic E-state index is -4.84. The molecular formula is C22H35KO8S. The van der Waals surface area contributed by atoms with E-state index in [1.807, 2.05) is 12.7 Å². The molecule has 1 atom stereocenters. The van der Waals surface area contributed by atoms with E-state index in [0.29, 0.717) is 0 Å². The molecule has 0 fully saturated rings. The van der Waals surface area contributed by atoms with E-state index in [2.05, 4.69) is 32.0 Å². The Labute approximate surface area is 234 Å². The van der Waals surface area contributed by atoms with E-state index in [-0.39, 0.29) is 51.4 Å². The number of carboxylic acid groups (broad SMARTS) is 2. The second-order valence-electron chi connectivity index (χ2n) is 7.11. The van der Waals surface area contributed by atoms with Crippen molar-refractivity contribution < 1.29 is 88.9 Å². The van der Waals surface area contributed by atoms with Crippen molar-refractivity contribution >= 4 is 22.1 Å². The summed E-state index contributed by atoms with van der Waals surface area (Å²) in [6.07, 6.45) is 10.5. The van der Waals surface area contributed by atoms with Gasteiger partial charge in [0.05, 0.1) is 12.2 Å². The van der Waals surface area contributed by atoms with Crippen LogP contribution in [-0.2, 0) is 26.1 Å². The summed E-state index contributed by atoms with van der Waals surface area (Å²) in [5.74, 6) is -2.46. The fourth-order valence-corrected chi connectivity index (χ4v) is 3.36. The number of benzene rings is 1. The number of hydrogen-bond donors (Lipinski definition) is 3. The van der Waals surface area contributed by atoms with Crippen LogP contribution in [0.4, 0.5) is 0 Å². The Morgan fingerprint density at radius 1 is 1.00 bits per heavy atom. The van der Waals surface area contributed by atoms with Gasteiger partial charge in [-0.15, -0.1) is 6.42 Å². The van der Waals surface area contributed by atoms with Gasteiger partial charge >= 0.3 is 63.3 Å². The summed E-state index contributed by atoms with van der Waals surface area (Å²) in [4.78, 5) is 20.0. The second kappa shape index (κ2) is 19.9. The molecule has 178 valence electrons. The Bertz CT molecular complexity index is 752. The summed E-state index contributed by atoms with van der Waals surface area (Å²) in [5.41, 5.74) is 1.35. The van der Waals surface area contributed by atoms with Gasteiger partial charge in [-0.2, -0.15) is 15.0 Å². The zero-order valence-electron chi connectivity index (χ0n) is 19.3. The van der Waals surface area contributed by atoms with Crippen LogP contribution in [0.2, 0.25) is 0 Å². The summed E-state index contributed by atoms with van der Waals surface area (Å²) in [7, 11) is -4.84. The van der Waals surface area contributed by atoms with Crippen LogP contribution in [0.25, 0.3) is 0 Å². The number of ether oxygens (including phenoxy) is 1. The fourth-order valence-electron chi connectivity index (χ4n) is 2.75. The summed E-state index contributed by atoms with van der Waals surface area (Å²) in [5, 5.41) is 13.9. The average molecular weight is 499 g/mol. The van der Waals surface area contributed by atoms with Crippen LogP contribution in [0, 0.1) is 6.61 Å². The van der Waals surface area contributed by atoms with Crippen LogP contribution in [0.1, 0.15) is 77.2 Å². The average Bonchev–Trinajstić information content (AvgIpc) is 2.70. The molecule has 32 heavy (non-hydrogen) atoms. The Kier molecular flexibility index (Phi) is 21.0. The van der Waals surface area contributed by atoms with Crippen molar-refractivity contribution in [1.29, 1.82) is 0 Å². The smallest absolute Gasteiger partial charge is 0.662 e. The summed E-state index contributed by atoms with van der Waals surface area (Å²) >= 11 is 0. The minimum Gasteiger partial charge on any atom is -0.662 e. The van der Waals surface area contributed by atoms with Gasteiger partial charge < -0.3 is 14.9 Å². The van der Waals surface area contributed by atoms with Gasteiger partial charge in [-0.1, -0.05) is 70.6 Å². The van der Waals surface area contributed by atoms with Crippen LogP contribution in [0.15, 0.2) is 24.3 Å². The molecule has 1 unspecified atom stereocenters. The molecule has 0 aliphatic heterocycles. The van der Waals surface area contributed by atoms with Crippen molar-refractivity contribution in [3.8, 4) is 5.75 Å². The number of para-hydroxylation sites is 1. The molecule has 0 aliphatic carbocycles. The fraction of sp³-hybridized carbons (Fsp3) is 0.591. The Balaban J connectivity index is 0. The quantitative estimate of drug-likeness (QED) is 0.144. The van der Waals surface area contributed by atoms with Crippen LogP contribution >= 0.6 is 0 Å². The normalized spacial score (nSPS) is 11.5. The van der Waals surface area contributed by atoms with E-state index in [0.717, 1.165) is 18.6 Å². The third-order valence-corrected chi connectivity index (χ3v) is 5.48. The number of carbonyl (C=O) groups is 2. The Morgan fingerprint density at radius 3 is 2.03 bits per heavy atom. The maximum absolute atomic E-state index is 10.2. The van der Waals surface area contributed by atoms with E-state index in [1.165, 1.54) is 50.5 Å². The molecule has 0 bridgehead atoms. The molecule has 0 radical (unpaired) electrons. The maximum atomic E-state index is 10.2. The van der Waals surface area contributed by atoms with Crippen molar-refractivity contribution in [2.24, 2.45) is 0 Å². The summed E-state index contributed by atoms with van der Waals surface area (Å²) in [6.45, 7) is 6.24. The van der Waals surface area contributed by atoms with Gasteiger partial charge in [0, 0.05) is 0 Å². The number of aryl methyl sites for hydroxylation is 1. The molecule has 3 N–H and O–H groups in total. The number of rotatable bonds is 15. The van der Waals surface area contributed by atoms with Gasteiger partial charge in [-0.25, -0.2) is 0 Å². The first-order valence-corrected chi connectivity index (χ1v) is 12.1. The predicted molar refractivity (Wildman–Crippen MR) is 119 cm³/mol. The SMILES string of the molecule is CC[CH-]Oc1ccccc1CCCCCCCCC.O=C(O)CC(C(=O)O)S(=O)(=O)O.[K+]. The molecule has 0 saturated heterocycles. The van der Waals surface area contributed by atoms with E-state index in [9.17, 15) is 18.0 Å². The first-order chi connectivity index (χ1) is 14.6. The van der Waals surface area contributed by atoms with Crippen LogP contribution < -0.4 is 56.1 Å². The second-order valence-corrected chi connectivity index (χ2v) is 8.71. The first kappa shape index (κ1) is 33.7. The van der Waals surface area contributed by atoms with E-state index >= 15 is 0 Å². The standard InChI is InChI=1S/C18H29O.C4H6O7S.K/c1-3-5-6-7-8-9-10-13-17-14-11-12-15-18(17)19-16-4-2;5-3(6)1-2(4(7)8)12(9,10)11;/h11-12,14-16H,3-10,13H2,1-2H3;2H,1H2,(H,5,6)(H,7,8)(H,9,10,11);/q-1;;+1. The van der Waals surface area contributed by atoms with Crippen LogP contribution in [0.3, 0.4) is 0 Å². The van der Waals surface area contributed by atoms with Gasteiger partial charge in [0.15, 0.2) is 5.25 Å². The molecular weight excluding hydrogens is 463 g/mol. The predicted octanol–water partition coefficient (Wildman–Crippen LogP) is 1.74. The molecule has 1 aromatic rings. The molecule has 0 aliphatic rings. The summed E-state index contributed by atoms with van der Waals surface area (Å²) in [6, 6.07) is 8.42. The zero-order valence-corrected chi connectivity index (χ0v) is 23.3. The van der Waals surface area contributed by atoms with E-state index < -0.39 is 33.7 Å². The van der Waals surface area contributed by atoms with Gasteiger partial charge in [0.25, 0.3) is 10.1 Å². The van der Waals surface area contributed by atoms with Crippen molar-refractivity contribution in [3.63, 3.8) is 0 Å². The Morgan fingerprint density at radius 2 is 1.56 bits per heavy atom. The Hall–Kier alpha value is -0.494. The molecule has 0 spiro atoms. The molecule has 0 aromatic heterocycles. The van der Waals surface area contributed by atoms with Crippen LogP contribution in [-0.4, -0.2) is 40.4 Å². The zero-order chi connectivity index (χ0) is 23.7. The number of aliphatic carboxylic acids is 2. The number of unbranched alkanes of at least 4 members (excludes halogenated alkanes) is 6. The van der Waals surface area contributed by atoms with Crippen molar-refractivity contribution in [1.82, 2.24) is 0 Å². The molecule has 0 heterocycles. The molecule has 0 saturated carbocycles. The molecule has 1 aromatic carbocycles. The van der Waals surface area contributed by atoms with Gasteiger partial charge in [0.2, 0.25) is 0 Å². The topological polar surface area (TPSA) is 138 Å². The van der Waals surface area contributed by atoms with Crippen molar-refractivity contribution in [3.05, 3.63) is 36.4 Å². The van der Waals surface area contributed by atoms with Gasteiger partial charge in [-0.3, -0.25) is 14.1 Å². The summed E-state index contributed by atoms with van der Waals surface area (Å²) < 4.78 is 34.3. The molecule has 10 heteroatoms. The van der Waals surface area contributed by atoms with E-state index in [1.54, 1.807) is 0 Å². The number of hydrogen-bond acceptors (Lipinski definition) is 5.